The second kappa shape index (κ2) is 9.27. The first kappa shape index (κ1) is 21.5. The number of anilines is 1. The number of hydrogen-bond acceptors (Lipinski definition) is 7. The highest BCUT2D eigenvalue weighted by molar-refractivity contribution is 5.96. The third-order valence-electron chi connectivity index (χ3n) is 6.44. The van der Waals surface area contributed by atoms with Gasteiger partial charge in [0.05, 0.1) is 37.4 Å². The van der Waals surface area contributed by atoms with Gasteiger partial charge in [-0.05, 0) is 42.7 Å². The molecule has 174 valence electrons. The molecule has 0 saturated carbocycles. The normalized spacial score (nSPS) is 20.4. The van der Waals surface area contributed by atoms with Crippen molar-refractivity contribution in [2.24, 2.45) is 0 Å². The Kier molecular flexibility index (Phi) is 6.04. The number of fused-ring (bicyclic) bond motifs is 1. The van der Waals surface area contributed by atoms with Crippen LogP contribution in [0.5, 0.6) is 11.5 Å². The first-order chi connectivity index (χ1) is 16.1. The number of nitrogens with zero attached hydrogens (tertiary/aromatic N) is 3. The molecule has 33 heavy (non-hydrogen) atoms. The quantitative estimate of drug-likeness (QED) is 0.516. The van der Waals surface area contributed by atoms with Crippen LogP contribution in [0.15, 0.2) is 36.4 Å². The molecule has 3 heterocycles. The molecule has 2 fully saturated rings. The highest BCUT2D eigenvalue weighted by Gasteiger charge is 2.33. The van der Waals surface area contributed by atoms with Gasteiger partial charge in [-0.15, -0.1) is 0 Å². The summed E-state index contributed by atoms with van der Waals surface area (Å²) in [4.78, 5) is 28.6. The van der Waals surface area contributed by atoms with Crippen LogP contribution in [-0.4, -0.2) is 61.8 Å². The summed E-state index contributed by atoms with van der Waals surface area (Å²) in [5, 5.41) is 11.8. The highest BCUT2D eigenvalue weighted by Crippen LogP contribution is 2.39. The molecule has 2 aromatic rings. The summed E-state index contributed by atoms with van der Waals surface area (Å²) in [6.07, 6.45) is 2.54. The smallest absolute Gasteiger partial charge is 0.293 e. The van der Waals surface area contributed by atoms with E-state index in [0.717, 1.165) is 30.6 Å². The predicted molar refractivity (Wildman–Crippen MR) is 121 cm³/mol. The van der Waals surface area contributed by atoms with Crippen LogP contribution in [0.25, 0.3) is 0 Å². The van der Waals surface area contributed by atoms with Crippen molar-refractivity contribution in [3.8, 4) is 11.5 Å². The van der Waals surface area contributed by atoms with Crippen LogP contribution >= 0.6 is 0 Å². The Bertz CT molecular complexity index is 1050. The van der Waals surface area contributed by atoms with Crippen molar-refractivity contribution in [2.75, 3.05) is 51.0 Å². The molecule has 2 saturated heterocycles. The Morgan fingerprint density at radius 3 is 2.52 bits per heavy atom. The summed E-state index contributed by atoms with van der Waals surface area (Å²) in [5.74, 6) is 1.23. The lowest BCUT2D eigenvalue weighted by molar-refractivity contribution is -0.384. The van der Waals surface area contributed by atoms with Crippen LogP contribution in [0.2, 0.25) is 0 Å². The number of nitro groups is 1. The largest absolute Gasteiger partial charge is 0.490 e. The van der Waals surface area contributed by atoms with Crippen molar-refractivity contribution in [3.05, 3.63) is 57.6 Å². The van der Waals surface area contributed by atoms with Crippen LogP contribution in [0.3, 0.4) is 0 Å². The zero-order valence-corrected chi connectivity index (χ0v) is 18.4. The molecule has 0 aromatic heterocycles. The fraction of sp³-hybridized carbons (Fsp3) is 0.458. The Morgan fingerprint density at radius 2 is 1.73 bits per heavy atom. The van der Waals surface area contributed by atoms with Gasteiger partial charge < -0.3 is 24.0 Å². The van der Waals surface area contributed by atoms with Crippen LogP contribution in [0.1, 0.15) is 41.2 Å². The van der Waals surface area contributed by atoms with E-state index in [1.54, 1.807) is 12.1 Å². The number of benzene rings is 2. The molecule has 3 aliphatic rings. The fourth-order valence-corrected chi connectivity index (χ4v) is 4.78. The zero-order valence-electron chi connectivity index (χ0n) is 18.4. The molecule has 0 radical (unpaired) electrons. The predicted octanol–water partition coefficient (Wildman–Crippen LogP) is 3.57. The van der Waals surface area contributed by atoms with Gasteiger partial charge in [-0.3, -0.25) is 14.9 Å². The highest BCUT2D eigenvalue weighted by atomic mass is 16.6. The van der Waals surface area contributed by atoms with Gasteiger partial charge in [-0.25, -0.2) is 0 Å². The van der Waals surface area contributed by atoms with E-state index in [1.807, 2.05) is 28.0 Å². The Hall–Kier alpha value is -3.33. The summed E-state index contributed by atoms with van der Waals surface area (Å²) in [5.41, 5.74) is 1.80. The summed E-state index contributed by atoms with van der Waals surface area (Å²) < 4.78 is 16.9. The molecule has 9 heteroatoms. The molecule has 3 aliphatic heterocycles. The molecule has 2 aromatic carbocycles. The van der Waals surface area contributed by atoms with Gasteiger partial charge in [-0.1, -0.05) is 6.07 Å². The molecule has 0 unspecified atom stereocenters. The molecule has 9 nitrogen and oxygen atoms in total. The summed E-state index contributed by atoms with van der Waals surface area (Å²) in [6.45, 7) is 4.07. The Morgan fingerprint density at radius 1 is 0.939 bits per heavy atom. The minimum absolute atomic E-state index is 0.0472. The minimum atomic E-state index is -0.410. The third-order valence-corrected chi connectivity index (χ3v) is 6.44. The molecule has 5 rings (SSSR count). The molecular weight excluding hydrogens is 426 g/mol. The van der Waals surface area contributed by atoms with Gasteiger partial charge in [0.15, 0.2) is 11.5 Å². The summed E-state index contributed by atoms with van der Waals surface area (Å²) in [6, 6.07) is 10.5. The first-order valence-corrected chi connectivity index (χ1v) is 11.4. The van der Waals surface area contributed by atoms with E-state index < -0.39 is 4.92 Å². The molecule has 0 aliphatic carbocycles. The number of likely N-dealkylation sites (tertiary alicyclic amines) is 1. The molecule has 1 amide bonds. The number of amides is 1. The maximum Gasteiger partial charge on any atom is 0.293 e. The number of ether oxygens (including phenoxy) is 3. The third kappa shape index (κ3) is 4.32. The Balaban J connectivity index is 1.41. The van der Waals surface area contributed by atoms with Gasteiger partial charge >= 0.3 is 0 Å². The standard InChI is InChI=1S/C24H27N3O6/c28-24(18-4-6-20(21(15-18)27(29)30)25-9-13-31-14-10-25)26-8-1-3-19(26)17-5-7-22-23(16-17)33-12-2-11-32-22/h4-7,15-16,19H,1-3,8-14H2/t19-/m1/s1. The van der Waals surface area contributed by atoms with E-state index in [0.29, 0.717) is 63.1 Å². The number of nitro benzene ring substituents is 1. The lowest BCUT2D eigenvalue weighted by Crippen LogP contribution is -2.36. The van der Waals surface area contributed by atoms with Crippen molar-refractivity contribution in [2.45, 2.75) is 25.3 Å². The van der Waals surface area contributed by atoms with E-state index in [-0.39, 0.29) is 17.6 Å². The minimum Gasteiger partial charge on any atom is -0.490 e. The average molecular weight is 453 g/mol. The SMILES string of the molecule is O=C(c1ccc(N2CCOCC2)c([N+](=O)[O-])c1)N1CCC[C@@H]1c1ccc2c(c1)OCCCO2. The molecule has 0 spiro atoms. The van der Waals surface area contributed by atoms with Gasteiger partial charge in [0.25, 0.3) is 11.6 Å². The maximum atomic E-state index is 13.5. The number of carbonyl (C=O) groups is 1. The van der Waals surface area contributed by atoms with E-state index >= 15 is 0 Å². The second-order valence-electron chi connectivity index (χ2n) is 8.47. The van der Waals surface area contributed by atoms with Crippen molar-refractivity contribution < 1.29 is 23.9 Å². The van der Waals surface area contributed by atoms with Gasteiger partial charge in [0, 0.05) is 37.7 Å². The monoisotopic (exact) mass is 453 g/mol. The van der Waals surface area contributed by atoms with Crippen molar-refractivity contribution >= 4 is 17.3 Å². The average Bonchev–Trinajstić information content (AvgIpc) is 3.22. The number of hydrogen-bond donors (Lipinski definition) is 0. The molecular formula is C24H27N3O6. The van der Waals surface area contributed by atoms with E-state index in [1.165, 1.54) is 6.07 Å². The maximum absolute atomic E-state index is 13.5. The van der Waals surface area contributed by atoms with Gasteiger partial charge in [-0.2, -0.15) is 0 Å². The summed E-state index contributed by atoms with van der Waals surface area (Å²) in [7, 11) is 0. The molecule has 0 N–H and O–H groups in total. The summed E-state index contributed by atoms with van der Waals surface area (Å²) >= 11 is 0. The Labute approximate surface area is 192 Å². The van der Waals surface area contributed by atoms with Gasteiger partial charge in [0.2, 0.25) is 0 Å². The van der Waals surface area contributed by atoms with Crippen LogP contribution in [0.4, 0.5) is 11.4 Å². The van der Waals surface area contributed by atoms with E-state index in [9.17, 15) is 14.9 Å². The fourth-order valence-electron chi connectivity index (χ4n) is 4.78. The molecule has 0 bridgehead atoms. The van der Waals surface area contributed by atoms with Crippen molar-refractivity contribution in [3.63, 3.8) is 0 Å². The zero-order chi connectivity index (χ0) is 22.8. The van der Waals surface area contributed by atoms with Crippen LogP contribution < -0.4 is 14.4 Å². The number of morpholine rings is 1. The first-order valence-electron chi connectivity index (χ1n) is 11.4. The van der Waals surface area contributed by atoms with Gasteiger partial charge in [0.1, 0.15) is 5.69 Å². The van der Waals surface area contributed by atoms with E-state index in [4.69, 9.17) is 14.2 Å². The number of rotatable bonds is 4. The lowest BCUT2D eigenvalue weighted by Gasteiger charge is -2.29. The topological polar surface area (TPSA) is 94.4 Å². The van der Waals surface area contributed by atoms with Crippen LogP contribution in [0, 0.1) is 10.1 Å². The lowest BCUT2D eigenvalue weighted by atomic mass is 10.0. The van der Waals surface area contributed by atoms with Crippen molar-refractivity contribution in [1.29, 1.82) is 0 Å². The van der Waals surface area contributed by atoms with Crippen LogP contribution in [-0.2, 0) is 4.74 Å². The van der Waals surface area contributed by atoms with Crippen molar-refractivity contribution in [1.82, 2.24) is 4.90 Å². The second-order valence-corrected chi connectivity index (χ2v) is 8.47. The number of carbonyl (C=O) groups excluding carboxylic acids is 1. The molecule has 1 atom stereocenters. The van der Waals surface area contributed by atoms with E-state index in [2.05, 4.69) is 0 Å².